The van der Waals surface area contributed by atoms with Crippen molar-refractivity contribution in [3.8, 4) is 6.07 Å². The number of hydrogen-bond acceptors (Lipinski definition) is 8. The van der Waals surface area contributed by atoms with Crippen LogP contribution < -0.4 is 15.1 Å². The molecule has 3 aliphatic heterocycles. The van der Waals surface area contributed by atoms with Crippen molar-refractivity contribution in [2.24, 2.45) is 0 Å². The Bertz CT molecular complexity index is 1630. The number of halogens is 1. The Labute approximate surface area is 256 Å². The zero-order valence-corrected chi connectivity index (χ0v) is 24.8. The molecule has 1 unspecified atom stereocenters. The molecule has 6 rings (SSSR count). The van der Waals surface area contributed by atoms with Gasteiger partial charge in [-0.1, -0.05) is 19.1 Å². The smallest absolute Gasteiger partial charge is 0.249 e. The number of amides is 2. The highest BCUT2D eigenvalue weighted by Crippen LogP contribution is 2.34. The van der Waals surface area contributed by atoms with E-state index in [2.05, 4.69) is 41.4 Å². The van der Waals surface area contributed by atoms with Crippen LogP contribution in [0.25, 0.3) is 6.08 Å². The molecule has 0 aliphatic carbocycles. The summed E-state index contributed by atoms with van der Waals surface area (Å²) in [5.41, 5.74) is 7.30. The molecular formula is C34H35FN6O3. The van der Waals surface area contributed by atoms with Gasteiger partial charge in [-0.05, 0) is 77.9 Å². The van der Waals surface area contributed by atoms with Crippen LogP contribution in [-0.4, -0.2) is 60.6 Å². The highest BCUT2D eigenvalue weighted by molar-refractivity contribution is 6.01. The highest BCUT2D eigenvalue weighted by Gasteiger charge is 2.34. The largest absolute Gasteiger partial charge is 0.481 e. The van der Waals surface area contributed by atoms with Crippen LogP contribution in [0.5, 0.6) is 0 Å². The number of piperidine rings is 1. The Balaban J connectivity index is 1.11. The number of aromatic nitrogens is 1. The van der Waals surface area contributed by atoms with E-state index in [0.29, 0.717) is 43.6 Å². The summed E-state index contributed by atoms with van der Waals surface area (Å²) in [6.07, 6.45) is 7.89. The van der Waals surface area contributed by atoms with E-state index in [1.54, 1.807) is 18.4 Å². The van der Waals surface area contributed by atoms with Crippen LogP contribution in [-0.2, 0) is 33.7 Å². The fraction of sp³-hybridized carbons (Fsp3) is 0.353. The predicted molar refractivity (Wildman–Crippen MR) is 165 cm³/mol. The second kappa shape index (κ2) is 12.9. The van der Waals surface area contributed by atoms with Crippen molar-refractivity contribution in [1.29, 1.82) is 5.26 Å². The Kier molecular flexibility index (Phi) is 8.57. The summed E-state index contributed by atoms with van der Waals surface area (Å²) in [5, 5.41) is 11.5. The number of benzene rings is 2. The molecule has 0 saturated carbocycles. The van der Waals surface area contributed by atoms with Gasteiger partial charge in [0.05, 0.1) is 29.3 Å². The van der Waals surface area contributed by atoms with Crippen molar-refractivity contribution in [3.05, 3.63) is 94.3 Å². The van der Waals surface area contributed by atoms with Crippen LogP contribution in [0.15, 0.2) is 54.9 Å². The number of hydrogen-bond donors (Lipinski definition) is 1. The summed E-state index contributed by atoms with van der Waals surface area (Å²) in [4.78, 5) is 35.5. The van der Waals surface area contributed by atoms with Crippen molar-refractivity contribution in [2.45, 2.75) is 45.2 Å². The molecule has 226 valence electrons. The maximum absolute atomic E-state index is 14.5. The minimum Gasteiger partial charge on any atom is -0.481 e. The summed E-state index contributed by atoms with van der Waals surface area (Å²) < 4.78 is 20.3. The molecule has 2 fully saturated rings. The first kappa shape index (κ1) is 29.3. The molecule has 0 spiro atoms. The zero-order valence-electron chi connectivity index (χ0n) is 24.8. The first-order chi connectivity index (χ1) is 21.4. The number of fused-ring (bicyclic) bond motifs is 2. The van der Waals surface area contributed by atoms with Gasteiger partial charge in [0.15, 0.2) is 6.73 Å². The number of nitriles is 1. The lowest BCUT2D eigenvalue weighted by Gasteiger charge is -2.36. The monoisotopic (exact) mass is 594 g/mol. The van der Waals surface area contributed by atoms with Gasteiger partial charge in [0.2, 0.25) is 11.8 Å². The summed E-state index contributed by atoms with van der Waals surface area (Å²) >= 11 is 0. The van der Waals surface area contributed by atoms with Crippen LogP contribution >= 0.6 is 0 Å². The number of ether oxygens (including phenoxy) is 1. The van der Waals surface area contributed by atoms with Crippen molar-refractivity contribution >= 4 is 29.3 Å². The molecule has 1 aromatic heterocycles. The van der Waals surface area contributed by atoms with E-state index in [9.17, 15) is 14.0 Å². The van der Waals surface area contributed by atoms with Gasteiger partial charge in [0.1, 0.15) is 11.9 Å². The molecule has 4 heterocycles. The number of nitrogens with zero attached hydrogens (tertiary/aromatic N) is 5. The number of piperazine rings is 1. The maximum atomic E-state index is 14.5. The van der Waals surface area contributed by atoms with Crippen molar-refractivity contribution in [1.82, 2.24) is 15.2 Å². The predicted octanol–water partition coefficient (Wildman–Crippen LogP) is 4.14. The molecule has 10 heteroatoms. The summed E-state index contributed by atoms with van der Waals surface area (Å²) in [6, 6.07) is 14.5. The van der Waals surface area contributed by atoms with Gasteiger partial charge >= 0.3 is 0 Å². The Morgan fingerprint density at radius 2 is 1.91 bits per heavy atom. The van der Waals surface area contributed by atoms with E-state index in [1.165, 1.54) is 6.07 Å². The third kappa shape index (κ3) is 6.15. The molecule has 9 nitrogen and oxygen atoms in total. The number of carbonyl (C=O) groups is 2. The average molecular weight is 595 g/mol. The van der Waals surface area contributed by atoms with Crippen LogP contribution in [0, 0.1) is 17.1 Å². The quantitative estimate of drug-likeness (QED) is 0.408. The fourth-order valence-corrected chi connectivity index (χ4v) is 6.33. The van der Waals surface area contributed by atoms with Crippen molar-refractivity contribution in [3.63, 3.8) is 0 Å². The van der Waals surface area contributed by atoms with Crippen molar-refractivity contribution < 1.29 is 18.7 Å². The molecule has 1 N–H and O–H groups in total. The van der Waals surface area contributed by atoms with E-state index in [-0.39, 0.29) is 24.4 Å². The first-order valence-electron chi connectivity index (χ1n) is 15.1. The second-order valence-electron chi connectivity index (χ2n) is 11.4. The van der Waals surface area contributed by atoms with E-state index < -0.39 is 6.04 Å². The van der Waals surface area contributed by atoms with Crippen LogP contribution in [0.1, 0.15) is 53.3 Å². The molecule has 2 saturated heterocycles. The Morgan fingerprint density at radius 3 is 2.61 bits per heavy atom. The van der Waals surface area contributed by atoms with Gasteiger partial charge in [0, 0.05) is 51.0 Å². The topological polar surface area (TPSA) is 102 Å². The molecule has 2 bridgehead atoms. The minimum atomic E-state index is -0.458. The van der Waals surface area contributed by atoms with Crippen molar-refractivity contribution in [2.75, 3.05) is 42.7 Å². The fourth-order valence-electron chi connectivity index (χ4n) is 6.33. The highest BCUT2D eigenvalue weighted by atomic mass is 19.1. The molecule has 3 aromatic rings. The second-order valence-corrected chi connectivity index (χ2v) is 11.4. The van der Waals surface area contributed by atoms with Gasteiger partial charge in [-0.2, -0.15) is 5.26 Å². The lowest BCUT2D eigenvalue weighted by atomic mass is 9.92. The number of carbonyl (C=O) groups excluding carboxylic acids is 2. The number of anilines is 2. The molecule has 1 atom stereocenters. The van der Waals surface area contributed by atoms with Crippen LogP contribution in [0.4, 0.5) is 15.8 Å². The van der Waals surface area contributed by atoms with E-state index in [1.807, 2.05) is 28.1 Å². The maximum Gasteiger partial charge on any atom is 0.249 e. The number of nitrogens with one attached hydrogen (secondary N) is 1. The van der Waals surface area contributed by atoms with E-state index in [0.717, 1.165) is 59.7 Å². The standard InChI is InChI=1S/C34H35FN6O3/c1-2-27-28-11-16-44-22-41(32-9-10-33(42)38-34(32)43)30(27)8-5-25(28)17-24-3-6-26(37-20-24)21-39-12-14-40(15-13-39)31-7-4-23(19-36)18-29(31)35/h3-8,11,16,18,20,32H,2,9-10,12-15,17,21-22H2,1H3,(H,38,42,43)/b16-11-. The molecule has 0 radical (unpaired) electrons. The SMILES string of the molecule is CCc1c2ccc(Cc3ccc(CN4CCN(c5ccc(C#N)cc5F)CC4)nc3)c1/C=C\OCN2C1CCC(=O)NC1=O. The minimum absolute atomic E-state index is 0.232. The number of rotatable bonds is 7. The van der Waals surface area contributed by atoms with Gasteiger partial charge < -0.3 is 14.5 Å². The number of pyridine rings is 1. The molecule has 44 heavy (non-hydrogen) atoms. The summed E-state index contributed by atoms with van der Waals surface area (Å²) in [7, 11) is 0. The average Bonchev–Trinajstić information content (AvgIpc) is 3.02. The van der Waals surface area contributed by atoms with E-state index in [4.69, 9.17) is 15.0 Å². The van der Waals surface area contributed by atoms with E-state index >= 15 is 0 Å². The zero-order chi connectivity index (χ0) is 30.6. The lowest BCUT2D eigenvalue weighted by molar-refractivity contribution is -0.134. The molecular weight excluding hydrogens is 559 g/mol. The summed E-state index contributed by atoms with van der Waals surface area (Å²) in [5.74, 6) is -0.870. The molecule has 2 aromatic carbocycles. The Hall–Kier alpha value is -4.75. The van der Waals surface area contributed by atoms with Gasteiger partial charge in [-0.3, -0.25) is 24.8 Å². The first-order valence-corrected chi connectivity index (χ1v) is 15.1. The third-order valence-electron chi connectivity index (χ3n) is 8.67. The Morgan fingerprint density at radius 1 is 1.09 bits per heavy atom. The van der Waals surface area contributed by atoms with Crippen LogP contribution in [0.2, 0.25) is 0 Å². The lowest BCUT2D eigenvalue weighted by Crippen LogP contribution is -2.53. The molecule has 2 amide bonds. The van der Waals surface area contributed by atoms with Gasteiger partial charge in [0.25, 0.3) is 0 Å². The summed E-state index contributed by atoms with van der Waals surface area (Å²) in [6.45, 7) is 6.07. The normalized spacial score (nSPS) is 19.4. The number of imide groups is 1. The van der Waals surface area contributed by atoms with Gasteiger partial charge in [-0.25, -0.2) is 4.39 Å². The van der Waals surface area contributed by atoms with Gasteiger partial charge in [-0.15, -0.1) is 0 Å². The molecule has 3 aliphatic rings. The third-order valence-corrected chi connectivity index (χ3v) is 8.67. The van der Waals surface area contributed by atoms with Crippen LogP contribution in [0.3, 0.4) is 0 Å².